The Hall–Kier alpha value is -1.67. The minimum absolute atomic E-state index is 0.0390. The number of amides is 1. The lowest BCUT2D eigenvalue weighted by molar-refractivity contribution is -0.131. The molecular formula is C25H33Cl2N3O3. The average molecular weight is 494 g/mol. The summed E-state index contributed by atoms with van der Waals surface area (Å²) in [6, 6.07) is 15.9. The maximum absolute atomic E-state index is 13.2. The number of ether oxygens (including phenoxy) is 1. The topological polar surface area (TPSA) is 65.0 Å². The van der Waals surface area contributed by atoms with Crippen molar-refractivity contribution in [2.45, 2.75) is 24.9 Å². The number of halogens is 2. The second kappa shape index (κ2) is 13.3. The Morgan fingerprint density at radius 2 is 2.00 bits per heavy atom. The van der Waals surface area contributed by atoms with Gasteiger partial charge in [0.05, 0.1) is 42.3 Å². The maximum Gasteiger partial charge on any atom is 0.227 e. The van der Waals surface area contributed by atoms with E-state index in [0.717, 1.165) is 43.7 Å². The molecule has 0 saturated carbocycles. The summed E-state index contributed by atoms with van der Waals surface area (Å²) in [5.74, 6) is 0.0390. The standard InChI is InChI=1S/C25H33Cl2N3O3/c1-29(25(32)16-19-7-8-22(26)23(27)15-19)24(20-5-3-2-4-6-20)18-30-11-9-21(17-30)28-10-13-33-14-12-31/h2-8,15,21,24,28,31H,9-14,16-18H2,1H3/t21-,24?/m0/s1. The van der Waals surface area contributed by atoms with E-state index < -0.39 is 0 Å². The van der Waals surface area contributed by atoms with Gasteiger partial charge in [-0.15, -0.1) is 0 Å². The van der Waals surface area contributed by atoms with Crippen LogP contribution >= 0.6 is 23.2 Å². The zero-order valence-corrected chi connectivity index (χ0v) is 20.6. The second-order valence-corrected chi connectivity index (χ2v) is 9.21. The predicted molar refractivity (Wildman–Crippen MR) is 133 cm³/mol. The molecule has 0 radical (unpaired) electrons. The van der Waals surface area contributed by atoms with Crippen molar-refractivity contribution in [1.29, 1.82) is 0 Å². The summed E-state index contributed by atoms with van der Waals surface area (Å²) in [7, 11) is 1.88. The lowest BCUT2D eigenvalue weighted by Gasteiger charge is -2.32. The van der Waals surface area contributed by atoms with E-state index in [1.54, 1.807) is 12.1 Å². The average Bonchev–Trinajstić information content (AvgIpc) is 3.27. The number of likely N-dealkylation sites (N-methyl/N-ethyl adjacent to an activating group) is 1. The number of hydrogen-bond acceptors (Lipinski definition) is 5. The van der Waals surface area contributed by atoms with Gasteiger partial charge in [-0.2, -0.15) is 0 Å². The Balaban J connectivity index is 1.61. The van der Waals surface area contributed by atoms with Crippen molar-refractivity contribution in [3.05, 3.63) is 69.7 Å². The van der Waals surface area contributed by atoms with Gasteiger partial charge < -0.3 is 20.1 Å². The molecule has 33 heavy (non-hydrogen) atoms. The Morgan fingerprint density at radius 3 is 2.73 bits per heavy atom. The van der Waals surface area contributed by atoms with Crippen LogP contribution in [0.2, 0.25) is 10.0 Å². The molecular weight excluding hydrogens is 461 g/mol. The second-order valence-electron chi connectivity index (χ2n) is 8.39. The fourth-order valence-corrected chi connectivity index (χ4v) is 4.48. The van der Waals surface area contributed by atoms with Crippen molar-refractivity contribution < 1.29 is 14.6 Å². The molecule has 6 nitrogen and oxygen atoms in total. The van der Waals surface area contributed by atoms with Gasteiger partial charge in [-0.25, -0.2) is 0 Å². The van der Waals surface area contributed by atoms with Crippen LogP contribution < -0.4 is 5.32 Å². The van der Waals surface area contributed by atoms with E-state index in [4.69, 9.17) is 33.0 Å². The summed E-state index contributed by atoms with van der Waals surface area (Å²) in [4.78, 5) is 17.4. The smallest absolute Gasteiger partial charge is 0.227 e. The van der Waals surface area contributed by atoms with Gasteiger partial charge in [0.1, 0.15) is 0 Å². The van der Waals surface area contributed by atoms with Crippen molar-refractivity contribution in [1.82, 2.24) is 15.1 Å². The Labute approximate surface area is 206 Å². The number of aliphatic hydroxyl groups is 1. The van der Waals surface area contributed by atoms with Crippen LogP contribution in [0.1, 0.15) is 23.6 Å². The van der Waals surface area contributed by atoms with Crippen molar-refractivity contribution in [3.63, 3.8) is 0 Å². The molecule has 2 aromatic carbocycles. The van der Waals surface area contributed by atoms with E-state index in [1.807, 2.05) is 36.2 Å². The number of carbonyl (C=O) groups is 1. The van der Waals surface area contributed by atoms with E-state index >= 15 is 0 Å². The molecule has 0 aliphatic carbocycles. The first-order valence-electron chi connectivity index (χ1n) is 11.4. The zero-order valence-electron chi connectivity index (χ0n) is 19.1. The summed E-state index contributed by atoms with van der Waals surface area (Å²) in [5.41, 5.74) is 1.97. The molecule has 0 aromatic heterocycles. The van der Waals surface area contributed by atoms with Crippen molar-refractivity contribution in [2.75, 3.05) is 53.0 Å². The number of likely N-dealkylation sites (tertiary alicyclic amines) is 1. The third-order valence-electron chi connectivity index (χ3n) is 6.00. The van der Waals surface area contributed by atoms with Crippen LogP contribution in [0.25, 0.3) is 0 Å². The van der Waals surface area contributed by atoms with Gasteiger partial charge in [0.25, 0.3) is 0 Å². The van der Waals surface area contributed by atoms with E-state index in [1.165, 1.54) is 0 Å². The molecule has 3 rings (SSSR count). The third-order valence-corrected chi connectivity index (χ3v) is 6.74. The number of hydrogen-bond donors (Lipinski definition) is 2. The van der Waals surface area contributed by atoms with Crippen LogP contribution in [-0.4, -0.2) is 79.9 Å². The monoisotopic (exact) mass is 493 g/mol. The number of carbonyl (C=O) groups excluding carboxylic acids is 1. The number of nitrogens with zero attached hydrogens (tertiary/aromatic N) is 2. The quantitative estimate of drug-likeness (QED) is 0.443. The van der Waals surface area contributed by atoms with Gasteiger partial charge in [0, 0.05) is 32.7 Å². The van der Waals surface area contributed by atoms with E-state index in [9.17, 15) is 4.79 Å². The van der Waals surface area contributed by atoms with Crippen LogP contribution in [0, 0.1) is 0 Å². The summed E-state index contributed by atoms with van der Waals surface area (Å²) < 4.78 is 5.33. The molecule has 2 N–H and O–H groups in total. The van der Waals surface area contributed by atoms with Gasteiger partial charge in [-0.05, 0) is 36.2 Å². The first kappa shape index (κ1) is 25.9. The van der Waals surface area contributed by atoms with Crippen LogP contribution in [0.3, 0.4) is 0 Å². The molecule has 2 atom stereocenters. The lowest BCUT2D eigenvalue weighted by atomic mass is 10.0. The van der Waals surface area contributed by atoms with Crippen molar-refractivity contribution in [3.8, 4) is 0 Å². The largest absolute Gasteiger partial charge is 0.394 e. The Morgan fingerprint density at radius 1 is 1.21 bits per heavy atom. The molecule has 2 aromatic rings. The Kier molecular flexibility index (Phi) is 10.4. The Bertz CT molecular complexity index is 884. The molecule has 1 saturated heterocycles. The number of aliphatic hydroxyl groups excluding tert-OH is 1. The molecule has 1 aliphatic heterocycles. The molecule has 1 amide bonds. The maximum atomic E-state index is 13.2. The highest BCUT2D eigenvalue weighted by Gasteiger charge is 2.28. The third kappa shape index (κ3) is 7.95. The van der Waals surface area contributed by atoms with Gasteiger partial charge in [-0.1, -0.05) is 59.6 Å². The summed E-state index contributed by atoms with van der Waals surface area (Å²) in [6.45, 7) is 4.46. The molecule has 8 heteroatoms. The first-order valence-corrected chi connectivity index (χ1v) is 12.1. The lowest BCUT2D eigenvalue weighted by Crippen LogP contribution is -2.41. The highest BCUT2D eigenvalue weighted by Crippen LogP contribution is 2.26. The number of nitrogens with one attached hydrogen (secondary N) is 1. The van der Waals surface area contributed by atoms with Crippen LogP contribution in [-0.2, 0) is 16.0 Å². The van der Waals surface area contributed by atoms with Crippen LogP contribution in [0.15, 0.2) is 48.5 Å². The highest BCUT2D eigenvalue weighted by atomic mass is 35.5. The molecule has 1 fully saturated rings. The molecule has 180 valence electrons. The van der Waals surface area contributed by atoms with Crippen LogP contribution in [0.4, 0.5) is 0 Å². The van der Waals surface area contributed by atoms with Gasteiger partial charge >= 0.3 is 0 Å². The van der Waals surface area contributed by atoms with Gasteiger partial charge in [-0.3, -0.25) is 9.69 Å². The zero-order chi connectivity index (χ0) is 23.6. The van der Waals surface area contributed by atoms with E-state index in [2.05, 4.69) is 22.3 Å². The fourth-order valence-electron chi connectivity index (χ4n) is 4.16. The molecule has 1 aliphatic rings. The van der Waals surface area contributed by atoms with Gasteiger partial charge in [0.2, 0.25) is 5.91 Å². The summed E-state index contributed by atoms with van der Waals surface area (Å²) >= 11 is 12.2. The van der Waals surface area contributed by atoms with Crippen molar-refractivity contribution in [2.24, 2.45) is 0 Å². The minimum Gasteiger partial charge on any atom is -0.394 e. The van der Waals surface area contributed by atoms with Gasteiger partial charge in [0.15, 0.2) is 0 Å². The number of benzene rings is 2. The number of rotatable bonds is 12. The molecule has 1 heterocycles. The fraction of sp³-hybridized carbons (Fsp3) is 0.480. The first-order chi connectivity index (χ1) is 16.0. The normalized spacial score (nSPS) is 17.3. The summed E-state index contributed by atoms with van der Waals surface area (Å²) in [6.07, 6.45) is 1.33. The molecule has 1 unspecified atom stereocenters. The molecule has 0 bridgehead atoms. The van der Waals surface area contributed by atoms with Crippen LogP contribution in [0.5, 0.6) is 0 Å². The van der Waals surface area contributed by atoms with E-state index in [-0.39, 0.29) is 25.0 Å². The minimum atomic E-state index is -0.0480. The predicted octanol–water partition coefficient (Wildman–Crippen LogP) is 3.41. The highest BCUT2D eigenvalue weighted by molar-refractivity contribution is 6.42. The SMILES string of the molecule is CN(C(=O)Cc1ccc(Cl)c(Cl)c1)C(CN1CC[C@H](NCCOCCO)C1)c1ccccc1. The van der Waals surface area contributed by atoms with Crippen molar-refractivity contribution >= 4 is 29.1 Å². The molecule has 0 spiro atoms. The summed E-state index contributed by atoms with van der Waals surface area (Å²) in [5, 5.41) is 13.3. The van der Waals surface area contributed by atoms with E-state index in [0.29, 0.717) is 29.3 Å².